The van der Waals surface area contributed by atoms with Gasteiger partial charge in [0, 0.05) is 0 Å². The van der Waals surface area contributed by atoms with Crippen molar-refractivity contribution in [2.45, 2.75) is 20.3 Å². The molecule has 0 spiro atoms. The van der Waals surface area contributed by atoms with E-state index >= 15 is 0 Å². The molecule has 0 heteroatoms. The third kappa shape index (κ3) is 3.49. The van der Waals surface area contributed by atoms with E-state index < -0.39 is 0 Å². The molecule has 2 aromatic rings. The smallest absolute Gasteiger partial charge is 0.0183 e. The highest BCUT2D eigenvalue weighted by molar-refractivity contribution is 5.83. The second kappa shape index (κ2) is 6.88. The van der Waals surface area contributed by atoms with E-state index in [1.54, 1.807) is 0 Å². The van der Waals surface area contributed by atoms with Gasteiger partial charge in [0.15, 0.2) is 0 Å². The molecule has 0 saturated heterocycles. The first kappa shape index (κ1) is 16.3. The first-order valence-corrected chi connectivity index (χ1v) is 8.49. The fourth-order valence-corrected chi connectivity index (χ4v) is 2.91. The molecular weight excluding hydrogens is 288 g/mol. The molecule has 0 aliphatic heterocycles. The van der Waals surface area contributed by atoms with Gasteiger partial charge in [0.05, 0.1) is 0 Å². The Kier molecular flexibility index (Phi) is 4.66. The van der Waals surface area contributed by atoms with E-state index in [0.717, 1.165) is 23.1 Å². The Hall–Kier alpha value is -2.60. The monoisotopic (exact) mass is 312 g/mol. The Balaban J connectivity index is 1.78. The summed E-state index contributed by atoms with van der Waals surface area (Å²) in [4.78, 5) is 0. The molecule has 0 heterocycles. The molecule has 0 radical (unpaired) electrons. The topological polar surface area (TPSA) is 0 Å². The molecule has 1 atom stereocenters. The van der Waals surface area contributed by atoms with Crippen molar-refractivity contribution in [3.05, 3.63) is 108 Å². The summed E-state index contributed by atoms with van der Waals surface area (Å²) in [5.41, 5.74) is 8.13. The van der Waals surface area contributed by atoms with Crippen LogP contribution < -0.4 is 0 Å². The highest BCUT2D eigenvalue weighted by atomic mass is 14.1. The normalized spacial score (nSPS) is 16.6. The van der Waals surface area contributed by atoms with E-state index in [-0.39, 0.29) is 0 Å². The molecule has 0 fully saturated rings. The molecule has 0 saturated carbocycles. The largest absolute Gasteiger partial charge is 0.0906 e. The highest BCUT2D eigenvalue weighted by Gasteiger charge is 2.09. The SMILES string of the molecule is C=C(C1=CCC(C)C=C1)c1ccc(C(=C)c2ccc(C)cc2)cc1. The Morgan fingerprint density at radius 2 is 1.33 bits per heavy atom. The molecule has 3 rings (SSSR count). The lowest BCUT2D eigenvalue weighted by Crippen LogP contribution is -1.96. The van der Waals surface area contributed by atoms with Gasteiger partial charge in [-0.25, -0.2) is 0 Å². The first-order valence-electron chi connectivity index (χ1n) is 8.49. The molecule has 1 aliphatic carbocycles. The van der Waals surface area contributed by atoms with Crippen molar-refractivity contribution in [1.82, 2.24) is 0 Å². The van der Waals surface area contributed by atoms with Gasteiger partial charge >= 0.3 is 0 Å². The van der Waals surface area contributed by atoms with E-state index in [2.05, 4.69) is 93.8 Å². The molecule has 2 aromatic carbocycles. The zero-order valence-electron chi connectivity index (χ0n) is 14.5. The van der Waals surface area contributed by atoms with Crippen LogP contribution in [0, 0.1) is 12.8 Å². The second-order valence-electron chi connectivity index (χ2n) is 6.63. The van der Waals surface area contributed by atoms with Crippen LogP contribution in [0.25, 0.3) is 11.1 Å². The average Bonchev–Trinajstić information content (AvgIpc) is 2.62. The number of aryl methyl sites for hydroxylation is 1. The Morgan fingerprint density at radius 1 is 0.833 bits per heavy atom. The van der Waals surface area contributed by atoms with Gasteiger partial charge in [-0.15, -0.1) is 0 Å². The predicted molar refractivity (Wildman–Crippen MR) is 106 cm³/mol. The Morgan fingerprint density at radius 3 is 1.83 bits per heavy atom. The first-order chi connectivity index (χ1) is 11.5. The van der Waals surface area contributed by atoms with Gasteiger partial charge in [-0.05, 0) is 52.7 Å². The lowest BCUT2D eigenvalue weighted by atomic mass is 9.90. The molecule has 24 heavy (non-hydrogen) atoms. The molecule has 0 N–H and O–H groups in total. The van der Waals surface area contributed by atoms with Crippen molar-refractivity contribution in [2.24, 2.45) is 5.92 Å². The molecule has 0 bridgehead atoms. The quantitative estimate of drug-likeness (QED) is 0.597. The van der Waals surface area contributed by atoms with Crippen molar-refractivity contribution < 1.29 is 0 Å². The van der Waals surface area contributed by atoms with Crippen molar-refractivity contribution in [2.75, 3.05) is 0 Å². The molecule has 1 aliphatic rings. The maximum atomic E-state index is 4.27. The van der Waals surface area contributed by atoms with Gasteiger partial charge in [0.2, 0.25) is 0 Å². The highest BCUT2D eigenvalue weighted by Crippen LogP contribution is 2.29. The summed E-state index contributed by atoms with van der Waals surface area (Å²) in [6.07, 6.45) is 7.82. The lowest BCUT2D eigenvalue weighted by molar-refractivity contribution is 0.734. The van der Waals surface area contributed by atoms with Crippen LogP contribution in [0.4, 0.5) is 0 Å². The van der Waals surface area contributed by atoms with Gasteiger partial charge in [0.25, 0.3) is 0 Å². The molecule has 1 unspecified atom stereocenters. The van der Waals surface area contributed by atoms with E-state index in [1.165, 1.54) is 22.3 Å². The van der Waals surface area contributed by atoms with Crippen LogP contribution in [-0.4, -0.2) is 0 Å². The van der Waals surface area contributed by atoms with E-state index in [0.29, 0.717) is 5.92 Å². The maximum absolute atomic E-state index is 4.27. The number of hydrogen-bond donors (Lipinski definition) is 0. The summed E-state index contributed by atoms with van der Waals surface area (Å²) < 4.78 is 0. The van der Waals surface area contributed by atoms with Crippen LogP contribution in [0.2, 0.25) is 0 Å². The van der Waals surface area contributed by atoms with Crippen molar-refractivity contribution in [3.8, 4) is 0 Å². The summed E-state index contributed by atoms with van der Waals surface area (Å²) in [6.45, 7) is 12.9. The third-order valence-electron chi connectivity index (χ3n) is 4.64. The minimum absolute atomic E-state index is 0.627. The second-order valence-corrected chi connectivity index (χ2v) is 6.63. The zero-order chi connectivity index (χ0) is 17.1. The van der Waals surface area contributed by atoms with Crippen LogP contribution in [-0.2, 0) is 0 Å². The van der Waals surface area contributed by atoms with Crippen molar-refractivity contribution in [3.63, 3.8) is 0 Å². The van der Waals surface area contributed by atoms with Crippen molar-refractivity contribution >= 4 is 11.1 Å². The van der Waals surface area contributed by atoms with Crippen LogP contribution in [0.15, 0.2) is 85.5 Å². The van der Waals surface area contributed by atoms with Crippen LogP contribution >= 0.6 is 0 Å². The molecule has 0 amide bonds. The zero-order valence-corrected chi connectivity index (χ0v) is 14.5. The molecule has 0 nitrogen and oxygen atoms in total. The average molecular weight is 312 g/mol. The Bertz CT molecular complexity index is 811. The summed E-state index contributed by atoms with van der Waals surface area (Å²) in [6, 6.07) is 17.1. The predicted octanol–water partition coefficient (Wildman–Crippen LogP) is 6.59. The summed E-state index contributed by atoms with van der Waals surface area (Å²) >= 11 is 0. The number of hydrogen-bond acceptors (Lipinski definition) is 0. The van der Waals surface area contributed by atoms with Gasteiger partial charge in [0.1, 0.15) is 0 Å². The van der Waals surface area contributed by atoms with Crippen LogP contribution in [0.3, 0.4) is 0 Å². The van der Waals surface area contributed by atoms with Gasteiger partial charge < -0.3 is 0 Å². The minimum Gasteiger partial charge on any atom is -0.0906 e. The van der Waals surface area contributed by atoms with Crippen molar-refractivity contribution in [1.29, 1.82) is 0 Å². The lowest BCUT2D eigenvalue weighted by Gasteiger charge is -2.15. The number of rotatable bonds is 4. The minimum atomic E-state index is 0.627. The number of allylic oxidation sites excluding steroid dienone is 5. The maximum Gasteiger partial charge on any atom is -0.0183 e. The van der Waals surface area contributed by atoms with E-state index in [9.17, 15) is 0 Å². The van der Waals surface area contributed by atoms with E-state index in [1.807, 2.05) is 0 Å². The van der Waals surface area contributed by atoms with Gasteiger partial charge in [-0.3, -0.25) is 0 Å². The summed E-state index contributed by atoms with van der Waals surface area (Å²) in [7, 11) is 0. The molecule has 0 aromatic heterocycles. The fraction of sp³-hybridized carbons (Fsp3) is 0.167. The standard InChI is InChI=1S/C24H24/c1-17-5-9-21(10-6-17)19(3)23-13-15-24(16-14-23)20(4)22-11-7-18(2)8-12-22/h5-7,9-16,18H,3-4,8H2,1-2H3. The third-order valence-corrected chi connectivity index (χ3v) is 4.64. The van der Waals surface area contributed by atoms with E-state index in [4.69, 9.17) is 0 Å². The summed E-state index contributed by atoms with van der Waals surface area (Å²) in [5, 5.41) is 0. The number of benzene rings is 2. The van der Waals surface area contributed by atoms with Crippen LogP contribution in [0.1, 0.15) is 35.6 Å². The Labute approximate surface area is 145 Å². The van der Waals surface area contributed by atoms with Crippen LogP contribution in [0.5, 0.6) is 0 Å². The fourth-order valence-electron chi connectivity index (χ4n) is 2.91. The molecule has 120 valence electrons. The van der Waals surface area contributed by atoms with Gasteiger partial charge in [-0.2, -0.15) is 0 Å². The van der Waals surface area contributed by atoms with Gasteiger partial charge in [-0.1, -0.05) is 92.4 Å². The molecular formula is C24H24. The summed E-state index contributed by atoms with van der Waals surface area (Å²) in [5.74, 6) is 0.627.